The van der Waals surface area contributed by atoms with Crippen molar-refractivity contribution in [2.75, 3.05) is 0 Å². The molecule has 1 aliphatic carbocycles. The second-order valence-electron chi connectivity index (χ2n) is 6.11. The van der Waals surface area contributed by atoms with Crippen molar-refractivity contribution < 1.29 is 13.6 Å². The largest absolute Gasteiger partial charge is 0.343 e. The quantitative estimate of drug-likeness (QED) is 0.794. The summed E-state index contributed by atoms with van der Waals surface area (Å²) in [4.78, 5) is 12.5. The summed E-state index contributed by atoms with van der Waals surface area (Å²) in [6.07, 6.45) is 4.43. The van der Waals surface area contributed by atoms with Crippen LogP contribution in [0.2, 0.25) is 0 Å². The van der Waals surface area contributed by atoms with E-state index in [4.69, 9.17) is 0 Å². The number of hydrogen-bond acceptors (Lipinski definition) is 3. The Bertz CT molecular complexity index is 899. The van der Waals surface area contributed by atoms with Gasteiger partial charge in [0.1, 0.15) is 24.3 Å². The van der Waals surface area contributed by atoms with Gasteiger partial charge in [0.2, 0.25) is 0 Å². The first-order chi connectivity index (χ1) is 12.1. The third-order valence-electron chi connectivity index (χ3n) is 4.36. The zero-order valence-electron chi connectivity index (χ0n) is 13.1. The Hall–Kier alpha value is -3.09. The molecule has 0 atom stereocenters. The van der Waals surface area contributed by atoms with Crippen LogP contribution in [0, 0.1) is 11.6 Å². The molecular weight excluding hydrogens is 326 g/mol. The summed E-state index contributed by atoms with van der Waals surface area (Å²) < 4.78 is 28.6. The van der Waals surface area contributed by atoms with Crippen molar-refractivity contribution in [1.82, 2.24) is 20.1 Å². The van der Waals surface area contributed by atoms with E-state index in [0.29, 0.717) is 24.0 Å². The fourth-order valence-electron chi connectivity index (χ4n) is 2.85. The lowest BCUT2D eigenvalue weighted by molar-refractivity contribution is 0.0930. The zero-order valence-corrected chi connectivity index (χ0v) is 13.1. The van der Waals surface area contributed by atoms with Crippen LogP contribution in [-0.4, -0.2) is 20.7 Å². The van der Waals surface area contributed by atoms with E-state index < -0.39 is 17.2 Å². The van der Waals surface area contributed by atoms with E-state index >= 15 is 0 Å². The summed E-state index contributed by atoms with van der Waals surface area (Å²) in [5, 5.41) is 10.4. The molecule has 0 spiro atoms. The first-order valence-corrected chi connectivity index (χ1v) is 7.80. The molecule has 0 aliphatic heterocycles. The van der Waals surface area contributed by atoms with E-state index in [1.54, 1.807) is 41.5 Å². The van der Waals surface area contributed by atoms with Crippen LogP contribution in [-0.2, 0) is 5.54 Å². The number of aromatic nitrogens is 3. The van der Waals surface area contributed by atoms with E-state index in [0.717, 1.165) is 11.8 Å². The molecule has 2 aromatic carbocycles. The molecule has 5 nitrogen and oxygen atoms in total. The number of nitrogens with one attached hydrogen (secondary N) is 1. The van der Waals surface area contributed by atoms with E-state index in [2.05, 4.69) is 15.5 Å². The second kappa shape index (κ2) is 5.77. The van der Waals surface area contributed by atoms with Crippen LogP contribution in [0.4, 0.5) is 8.78 Å². The molecule has 0 unspecified atom stereocenters. The normalized spacial score (nSPS) is 15.0. The number of nitrogens with zero attached hydrogens (tertiary/aromatic N) is 3. The average molecular weight is 340 g/mol. The molecule has 1 aliphatic rings. The minimum atomic E-state index is -0.688. The van der Waals surface area contributed by atoms with E-state index in [9.17, 15) is 13.6 Å². The highest BCUT2D eigenvalue weighted by atomic mass is 19.1. The predicted molar refractivity (Wildman–Crippen MR) is 86.1 cm³/mol. The third-order valence-corrected chi connectivity index (χ3v) is 4.36. The van der Waals surface area contributed by atoms with Crippen LogP contribution in [0.3, 0.4) is 0 Å². The van der Waals surface area contributed by atoms with Gasteiger partial charge in [-0.15, -0.1) is 10.2 Å². The van der Waals surface area contributed by atoms with Gasteiger partial charge in [0.05, 0.1) is 5.54 Å². The van der Waals surface area contributed by atoms with Gasteiger partial charge in [-0.2, -0.15) is 0 Å². The van der Waals surface area contributed by atoms with Crippen molar-refractivity contribution in [3.05, 3.63) is 77.9 Å². The zero-order chi connectivity index (χ0) is 17.4. The smallest absolute Gasteiger partial charge is 0.251 e. The van der Waals surface area contributed by atoms with Crippen molar-refractivity contribution >= 4 is 5.91 Å². The SMILES string of the molecule is O=C(NC1(c2cc(F)cc(F)c2)CC1)c1ccc(-n2cnnc2)cc1. The molecule has 0 bridgehead atoms. The summed E-state index contributed by atoms with van der Waals surface area (Å²) in [5.74, 6) is -1.57. The van der Waals surface area contributed by atoms with Gasteiger partial charge in [0, 0.05) is 17.3 Å². The van der Waals surface area contributed by atoms with E-state index in [1.807, 2.05) is 0 Å². The fraction of sp³-hybridized carbons (Fsp3) is 0.167. The topological polar surface area (TPSA) is 59.8 Å². The maximum atomic E-state index is 13.5. The maximum Gasteiger partial charge on any atom is 0.251 e. The molecule has 1 saturated carbocycles. The summed E-state index contributed by atoms with van der Waals surface area (Å²) in [7, 11) is 0. The third kappa shape index (κ3) is 3.00. The Morgan fingerprint density at radius 1 is 1.00 bits per heavy atom. The van der Waals surface area contributed by atoms with Crippen molar-refractivity contribution in [2.45, 2.75) is 18.4 Å². The Kier molecular flexibility index (Phi) is 3.56. The Morgan fingerprint density at radius 2 is 1.60 bits per heavy atom. The summed E-state index contributed by atoms with van der Waals surface area (Å²) >= 11 is 0. The molecule has 3 aromatic rings. The van der Waals surface area contributed by atoms with Gasteiger partial charge in [0.15, 0.2) is 0 Å². The molecule has 25 heavy (non-hydrogen) atoms. The lowest BCUT2D eigenvalue weighted by atomic mass is 10.0. The molecule has 1 amide bonds. The number of hydrogen-bond donors (Lipinski definition) is 1. The first-order valence-electron chi connectivity index (χ1n) is 7.80. The van der Waals surface area contributed by atoms with Crippen LogP contribution in [0.5, 0.6) is 0 Å². The fourth-order valence-corrected chi connectivity index (χ4v) is 2.85. The van der Waals surface area contributed by atoms with Gasteiger partial charge in [0.25, 0.3) is 5.91 Å². The number of halogens is 2. The number of carbonyl (C=O) groups excluding carboxylic acids is 1. The molecule has 1 heterocycles. The van der Waals surface area contributed by atoms with Crippen LogP contribution in [0.1, 0.15) is 28.8 Å². The van der Waals surface area contributed by atoms with Crippen molar-refractivity contribution in [1.29, 1.82) is 0 Å². The molecule has 7 heteroatoms. The molecular formula is C18H14F2N4O. The first kappa shape index (κ1) is 15.4. The molecule has 1 N–H and O–H groups in total. The van der Waals surface area contributed by atoms with E-state index in [-0.39, 0.29) is 5.91 Å². The van der Waals surface area contributed by atoms with Gasteiger partial charge in [-0.1, -0.05) is 0 Å². The molecule has 0 radical (unpaired) electrons. The second-order valence-corrected chi connectivity index (χ2v) is 6.11. The lowest BCUT2D eigenvalue weighted by Crippen LogP contribution is -2.35. The van der Waals surface area contributed by atoms with Crippen molar-refractivity contribution in [2.24, 2.45) is 0 Å². The molecule has 1 aromatic heterocycles. The van der Waals surface area contributed by atoms with Gasteiger partial charge in [-0.05, 0) is 54.8 Å². The minimum absolute atomic E-state index is 0.280. The van der Waals surface area contributed by atoms with Gasteiger partial charge in [-0.25, -0.2) is 8.78 Å². The molecule has 126 valence electrons. The molecule has 1 fully saturated rings. The Labute approximate surface area is 142 Å². The summed E-state index contributed by atoms with van der Waals surface area (Å²) in [6, 6.07) is 10.3. The lowest BCUT2D eigenvalue weighted by Gasteiger charge is -2.18. The maximum absolute atomic E-state index is 13.5. The van der Waals surface area contributed by atoms with Gasteiger partial charge >= 0.3 is 0 Å². The standard InChI is InChI=1S/C18H14F2N4O/c19-14-7-13(8-15(20)9-14)18(5-6-18)23-17(25)12-1-3-16(4-2-12)24-10-21-22-11-24/h1-4,7-11H,5-6H2,(H,23,25). The highest BCUT2D eigenvalue weighted by Crippen LogP contribution is 2.46. The van der Waals surface area contributed by atoms with Crippen molar-refractivity contribution in [3.63, 3.8) is 0 Å². The van der Waals surface area contributed by atoms with Crippen LogP contribution in [0.15, 0.2) is 55.1 Å². The number of carbonyl (C=O) groups is 1. The number of benzene rings is 2. The highest BCUT2D eigenvalue weighted by molar-refractivity contribution is 5.95. The van der Waals surface area contributed by atoms with Crippen LogP contribution >= 0.6 is 0 Å². The number of amides is 1. The van der Waals surface area contributed by atoms with Gasteiger partial charge in [-0.3, -0.25) is 9.36 Å². The molecule has 4 rings (SSSR count). The Morgan fingerprint density at radius 3 is 2.16 bits per heavy atom. The minimum Gasteiger partial charge on any atom is -0.343 e. The predicted octanol–water partition coefficient (Wildman–Crippen LogP) is 2.96. The van der Waals surface area contributed by atoms with Crippen LogP contribution in [0.25, 0.3) is 5.69 Å². The average Bonchev–Trinajstić information content (AvgIpc) is 3.17. The Balaban J connectivity index is 1.53. The monoisotopic (exact) mass is 340 g/mol. The number of rotatable bonds is 4. The van der Waals surface area contributed by atoms with Crippen LogP contribution < -0.4 is 5.32 Å². The van der Waals surface area contributed by atoms with E-state index in [1.165, 1.54) is 12.1 Å². The van der Waals surface area contributed by atoms with Crippen molar-refractivity contribution in [3.8, 4) is 5.69 Å². The summed E-state index contributed by atoms with van der Waals surface area (Å²) in [6.45, 7) is 0. The molecule has 0 saturated heterocycles. The van der Waals surface area contributed by atoms with Gasteiger partial charge < -0.3 is 5.32 Å². The summed E-state index contributed by atoms with van der Waals surface area (Å²) in [5.41, 5.74) is 1.07. The highest BCUT2D eigenvalue weighted by Gasteiger charge is 2.46.